The van der Waals surface area contributed by atoms with Crippen molar-refractivity contribution >= 4 is 11.7 Å². The lowest BCUT2D eigenvalue weighted by atomic mass is 10.1. The van der Waals surface area contributed by atoms with Gasteiger partial charge in [0.1, 0.15) is 0 Å². The van der Waals surface area contributed by atoms with E-state index in [1.165, 1.54) is 21.8 Å². The van der Waals surface area contributed by atoms with Crippen LogP contribution in [0.3, 0.4) is 0 Å². The second kappa shape index (κ2) is 7.83. The predicted molar refractivity (Wildman–Crippen MR) is 93.7 cm³/mol. The number of hydrogen-bond acceptors (Lipinski definition) is 3. The van der Waals surface area contributed by atoms with Crippen molar-refractivity contribution in [1.29, 1.82) is 0 Å². The average molecular weight is 380 g/mol. The number of aromatic nitrogens is 2. The number of benzene rings is 1. The van der Waals surface area contributed by atoms with Crippen molar-refractivity contribution in [2.75, 3.05) is 32.1 Å². The van der Waals surface area contributed by atoms with E-state index in [2.05, 4.69) is 10.4 Å². The second-order valence-corrected chi connectivity index (χ2v) is 6.17. The second-order valence-electron chi connectivity index (χ2n) is 6.17. The van der Waals surface area contributed by atoms with Crippen molar-refractivity contribution in [1.82, 2.24) is 14.7 Å². The maximum Gasteiger partial charge on any atom is 0.416 e. The van der Waals surface area contributed by atoms with Crippen LogP contribution in [0, 0.1) is 0 Å². The van der Waals surface area contributed by atoms with Gasteiger partial charge in [-0.15, -0.1) is 0 Å². The van der Waals surface area contributed by atoms with Crippen molar-refractivity contribution < 1.29 is 22.7 Å². The van der Waals surface area contributed by atoms with E-state index < -0.39 is 17.8 Å². The van der Waals surface area contributed by atoms with E-state index >= 15 is 0 Å². The first-order valence-electron chi connectivity index (χ1n) is 8.33. The van der Waals surface area contributed by atoms with Crippen LogP contribution in [0.2, 0.25) is 0 Å². The number of rotatable bonds is 4. The molecule has 1 aliphatic heterocycles. The Labute approximate surface area is 154 Å². The molecule has 2 aromatic rings. The molecule has 0 spiro atoms. The lowest BCUT2D eigenvalue weighted by Crippen LogP contribution is -2.34. The summed E-state index contributed by atoms with van der Waals surface area (Å²) >= 11 is 0. The van der Waals surface area contributed by atoms with E-state index in [4.69, 9.17) is 4.74 Å². The van der Waals surface area contributed by atoms with Crippen molar-refractivity contribution in [3.8, 4) is 5.69 Å². The Kier molecular flexibility index (Phi) is 5.50. The van der Waals surface area contributed by atoms with Gasteiger partial charge in [-0.2, -0.15) is 18.3 Å². The van der Waals surface area contributed by atoms with Crippen LogP contribution in [0.15, 0.2) is 48.3 Å². The summed E-state index contributed by atoms with van der Waals surface area (Å²) in [5, 5.41) is 6.59. The molecule has 0 bridgehead atoms. The van der Waals surface area contributed by atoms with Gasteiger partial charge < -0.3 is 15.0 Å². The molecule has 1 aromatic heterocycles. The minimum atomic E-state index is -4.52. The van der Waals surface area contributed by atoms with Crippen LogP contribution in [-0.2, 0) is 10.9 Å². The number of ether oxygens (including phenoxy) is 1. The molecule has 0 saturated carbocycles. The molecule has 1 N–H and O–H groups in total. The highest BCUT2D eigenvalue weighted by Crippen LogP contribution is 2.33. The number of hydrogen-bond donors (Lipinski definition) is 1. The summed E-state index contributed by atoms with van der Waals surface area (Å²) in [5.41, 5.74) is 0.476. The van der Waals surface area contributed by atoms with Gasteiger partial charge in [-0.1, -0.05) is 6.08 Å². The minimum Gasteiger partial charge on any atom is -0.377 e. The number of amides is 2. The van der Waals surface area contributed by atoms with E-state index in [0.717, 1.165) is 24.1 Å². The van der Waals surface area contributed by atoms with Gasteiger partial charge >= 0.3 is 12.2 Å². The van der Waals surface area contributed by atoms with Crippen molar-refractivity contribution in [3.63, 3.8) is 0 Å². The fourth-order valence-corrected chi connectivity index (χ4v) is 2.73. The Bertz CT molecular complexity index is 832. The van der Waals surface area contributed by atoms with Crippen LogP contribution >= 0.6 is 0 Å². The number of anilines is 1. The van der Waals surface area contributed by atoms with Gasteiger partial charge in [0.05, 0.1) is 30.2 Å². The van der Waals surface area contributed by atoms with E-state index in [1.54, 1.807) is 19.3 Å². The number of urea groups is 1. The zero-order chi connectivity index (χ0) is 19.4. The summed E-state index contributed by atoms with van der Waals surface area (Å²) < 4.78 is 46.0. The van der Waals surface area contributed by atoms with Crippen LogP contribution in [0.4, 0.5) is 23.7 Å². The maximum absolute atomic E-state index is 13.1. The molecule has 1 aromatic carbocycles. The van der Waals surface area contributed by atoms with E-state index in [9.17, 15) is 18.0 Å². The molecule has 2 heterocycles. The fraction of sp³-hybridized carbons (Fsp3) is 0.333. The van der Waals surface area contributed by atoms with Crippen molar-refractivity contribution in [2.45, 2.75) is 12.6 Å². The van der Waals surface area contributed by atoms with Crippen LogP contribution in [0.5, 0.6) is 0 Å². The van der Waals surface area contributed by atoms with Crippen LogP contribution < -0.4 is 5.32 Å². The zero-order valence-corrected chi connectivity index (χ0v) is 14.7. The van der Waals surface area contributed by atoms with Gasteiger partial charge in [-0.05, 0) is 36.3 Å². The molecule has 0 atom stereocenters. The molecule has 0 saturated heterocycles. The highest BCUT2D eigenvalue weighted by Gasteiger charge is 2.31. The highest BCUT2D eigenvalue weighted by atomic mass is 19.4. The molecule has 6 nitrogen and oxygen atoms in total. The van der Waals surface area contributed by atoms with Gasteiger partial charge in [0.15, 0.2) is 0 Å². The number of nitrogens with one attached hydrogen (secondary N) is 1. The van der Waals surface area contributed by atoms with E-state index in [-0.39, 0.29) is 5.69 Å². The van der Waals surface area contributed by atoms with Crippen LogP contribution in [-0.4, -0.2) is 47.5 Å². The van der Waals surface area contributed by atoms with Crippen molar-refractivity contribution in [2.24, 2.45) is 0 Å². The summed E-state index contributed by atoms with van der Waals surface area (Å²) in [4.78, 5) is 13.9. The number of likely N-dealkylation sites (N-methyl/N-ethyl adjacent to an activating group) is 1. The monoisotopic (exact) mass is 380 g/mol. The molecule has 3 rings (SSSR count). The summed E-state index contributed by atoms with van der Waals surface area (Å²) in [6.07, 6.45) is 1.37. The quantitative estimate of drug-likeness (QED) is 0.823. The highest BCUT2D eigenvalue weighted by molar-refractivity contribution is 5.91. The molecule has 0 fully saturated rings. The standard InChI is InChI=1S/C18H19F3N4O2/c1-24(11-13-4-2-9-27-12-13)17(26)23-15-10-14(18(19,20)21)5-6-16(15)25-8-3-7-22-25/h3-8,10H,2,9,11-12H2,1H3,(H,23,26). The first kappa shape index (κ1) is 19.0. The topological polar surface area (TPSA) is 59.4 Å². The normalized spacial score (nSPS) is 14.6. The molecule has 0 aliphatic carbocycles. The Morgan fingerprint density at radius 3 is 2.85 bits per heavy atom. The van der Waals surface area contributed by atoms with Gasteiger partial charge in [0, 0.05) is 26.0 Å². The molecule has 0 radical (unpaired) electrons. The SMILES string of the molecule is CN(CC1=CCCOC1)C(=O)Nc1cc(C(F)(F)F)ccc1-n1cccn1. The smallest absolute Gasteiger partial charge is 0.377 e. The Balaban J connectivity index is 1.83. The van der Waals surface area contributed by atoms with Gasteiger partial charge in [0.2, 0.25) is 0 Å². The van der Waals surface area contributed by atoms with E-state index in [1.807, 2.05) is 6.08 Å². The number of halogens is 3. The molecule has 144 valence electrons. The van der Waals surface area contributed by atoms with Gasteiger partial charge in [0.25, 0.3) is 0 Å². The third kappa shape index (κ3) is 4.68. The van der Waals surface area contributed by atoms with Gasteiger partial charge in [-0.3, -0.25) is 0 Å². The number of nitrogens with zero attached hydrogens (tertiary/aromatic N) is 3. The Hall–Kier alpha value is -2.81. The third-order valence-corrected chi connectivity index (χ3v) is 4.09. The van der Waals surface area contributed by atoms with E-state index in [0.29, 0.717) is 25.4 Å². The Morgan fingerprint density at radius 2 is 2.22 bits per heavy atom. The molecule has 2 amide bonds. The first-order valence-corrected chi connectivity index (χ1v) is 8.33. The minimum absolute atomic E-state index is 0.0271. The lowest BCUT2D eigenvalue weighted by molar-refractivity contribution is -0.137. The first-order chi connectivity index (χ1) is 12.8. The molecule has 27 heavy (non-hydrogen) atoms. The maximum atomic E-state index is 13.1. The molecular weight excluding hydrogens is 361 g/mol. The Morgan fingerprint density at radius 1 is 1.41 bits per heavy atom. The lowest BCUT2D eigenvalue weighted by Gasteiger charge is -2.23. The third-order valence-electron chi connectivity index (χ3n) is 4.09. The number of carbonyl (C=O) groups excluding carboxylic acids is 1. The summed E-state index contributed by atoms with van der Waals surface area (Å²) in [5.74, 6) is 0. The zero-order valence-electron chi connectivity index (χ0n) is 14.7. The van der Waals surface area contributed by atoms with Crippen LogP contribution in [0.25, 0.3) is 5.69 Å². The molecule has 9 heteroatoms. The fourth-order valence-electron chi connectivity index (χ4n) is 2.73. The van der Waals surface area contributed by atoms with Crippen molar-refractivity contribution in [3.05, 3.63) is 53.9 Å². The predicted octanol–water partition coefficient (Wildman–Crippen LogP) is 3.70. The summed E-state index contributed by atoms with van der Waals surface area (Å²) in [6, 6.07) is 4.27. The summed E-state index contributed by atoms with van der Waals surface area (Å²) in [7, 11) is 1.58. The van der Waals surface area contributed by atoms with Gasteiger partial charge in [-0.25, -0.2) is 9.48 Å². The summed E-state index contributed by atoms with van der Waals surface area (Å²) in [6.45, 7) is 1.43. The molecule has 1 aliphatic rings. The van der Waals surface area contributed by atoms with Crippen LogP contribution in [0.1, 0.15) is 12.0 Å². The molecular formula is C18H19F3N4O2. The molecule has 0 unspecified atom stereocenters. The number of alkyl halides is 3. The number of carbonyl (C=O) groups is 1. The largest absolute Gasteiger partial charge is 0.416 e. The average Bonchev–Trinajstić information content (AvgIpc) is 3.16.